The highest BCUT2D eigenvalue weighted by Crippen LogP contribution is 2.15. The zero-order valence-corrected chi connectivity index (χ0v) is 17.1. The van der Waals surface area contributed by atoms with Crippen molar-refractivity contribution in [2.24, 2.45) is 0 Å². The van der Waals surface area contributed by atoms with Gasteiger partial charge in [0.25, 0.3) is 5.91 Å². The normalized spacial score (nSPS) is 13.9. The number of hydrogen-bond acceptors (Lipinski definition) is 4. The summed E-state index contributed by atoms with van der Waals surface area (Å²) in [6, 6.07) is 15.4. The Morgan fingerprint density at radius 1 is 0.897 bits per heavy atom. The van der Waals surface area contributed by atoms with Gasteiger partial charge in [0.2, 0.25) is 5.91 Å². The summed E-state index contributed by atoms with van der Waals surface area (Å²) in [5.41, 5.74) is 2.23. The topological polar surface area (TPSA) is 59.1 Å². The zero-order valence-electron chi connectivity index (χ0n) is 17.1. The number of amides is 2. The number of nitrogens with zero attached hydrogens (tertiary/aromatic N) is 2. The molecule has 154 valence electrons. The molecule has 0 unspecified atom stereocenters. The Balaban J connectivity index is 1.40. The van der Waals surface area contributed by atoms with Crippen LogP contribution >= 0.6 is 0 Å². The largest absolute Gasteiger partial charge is 0.497 e. The van der Waals surface area contributed by atoms with Crippen molar-refractivity contribution in [3.63, 3.8) is 0 Å². The van der Waals surface area contributed by atoms with Crippen LogP contribution in [0.25, 0.3) is 0 Å². The van der Waals surface area contributed by atoms with Gasteiger partial charge in [-0.15, -0.1) is 0 Å². The fraction of sp³-hybridized carbons (Fsp3) is 0.391. The Hall–Kier alpha value is -3.02. The first-order valence-corrected chi connectivity index (χ1v) is 9.93. The highest BCUT2D eigenvalue weighted by Gasteiger charge is 2.24. The van der Waals surface area contributed by atoms with E-state index in [1.165, 1.54) is 0 Å². The minimum atomic E-state index is -0.0472. The molecule has 0 aliphatic carbocycles. The molecule has 1 aliphatic rings. The van der Waals surface area contributed by atoms with Crippen LogP contribution in [0.15, 0.2) is 48.5 Å². The zero-order chi connectivity index (χ0) is 20.6. The van der Waals surface area contributed by atoms with Crippen LogP contribution in [-0.2, 0) is 16.0 Å². The van der Waals surface area contributed by atoms with Gasteiger partial charge in [-0.05, 0) is 43.2 Å². The molecule has 1 fully saturated rings. The van der Waals surface area contributed by atoms with E-state index in [2.05, 4.69) is 0 Å². The second kappa shape index (κ2) is 9.96. The molecule has 0 saturated carbocycles. The molecule has 1 saturated heterocycles. The Morgan fingerprint density at radius 3 is 2.21 bits per heavy atom. The molecule has 29 heavy (non-hydrogen) atoms. The fourth-order valence-electron chi connectivity index (χ4n) is 3.31. The van der Waals surface area contributed by atoms with Crippen LogP contribution in [0.4, 0.5) is 0 Å². The summed E-state index contributed by atoms with van der Waals surface area (Å²) in [7, 11) is 1.64. The van der Waals surface area contributed by atoms with Crippen LogP contribution in [-0.4, -0.2) is 61.5 Å². The third kappa shape index (κ3) is 5.98. The van der Waals surface area contributed by atoms with Crippen molar-refractivity contribution in [2.75, 3.05) is 39.9 Å². The smallest absolute Gasteiger partial charge is 0.260 e. The van der Waals surface area contributed by atoms with Gasteiger partial charge in [0.15, 0.2) is 6.61 Å². The molecular formula is C23H28N2O4. The fourth-order valence-corrected chi connectivity index (χ4v) is 3.31. The van der Waals surface area contributed by atoms with Gasteiger partial charge in [0, 0.05) is 32.6 Å². The lowest BCUT2D eigenvalue weighted by atomic mass is 10.1. The predicted octanol–water partition coefficient (Wildman–Crippen LogP) is 2.69. The molecule has 2 amide bonds. The number of rotatable bonds is 7. The number of carbonyl (C=O) groups is 2. The summed E-state index contributed by atoms with van der Waals surface area (Å²) in [6.45, 7) is 4.24. The quantitative estimate of drug-likeness (QED) is 0.722. The van der Waals surface area contributed by atoms with E-state index in [1.54, 1.807) is 12.0 Å². The number of aryl methyl sites for hydroxylation is 2. The molecular weight excluding hydrogens is 368 g/mol. The van der Waals surface area contributed by atoms with Crippen molar-refractivity contribution in [2.45, 2.75) is 19.8 Å². The maximum atomic E-state index is 12.5. The Labute approximate surface area is 172 Å². The van der Waals surface area contributed by atoms with Crippen LogP contribution in [0, 0.1) is 6.92 Å². The van der Waals surface area contributed by atoms with Crippen molar-refractivity contribution in [3.8, 4) is 11.5 Å². The van der Waals surface area contributed by atoms with Crippen molar-refractivity contribution in [1.29, 1.82) is 0 Å². The highest BCUT2D eigenvalue weighted by molar-refractivity contribution is 5.79. The van der Waals surface area contributed by atoms with E-state index in [9.17, 15) is 9.59 Å². The van der Waals surface area contributed by atoms with Crippen molar-refractivity contribution in [3.05, 3.63) is 59.7 Å². The SMILES string of the molecule is COc1cccc(CCC(=O)N2CCN(C(=O)COc3ccc(C)cc3)CC2)c1. The van der Waals surface area contributed by atoms with E-state index in [0.29, 0.717) is 44.8 Å². The molecule has 2 aromatic carbocycles. The van der Waals surface area contributed by atoms with Crippen LogP contribution < -0.4 is 9.47 Å². The molecule has 1 heterocycles. The number of piperazine rings is 1. The molecule has 6 heteroatoms. The van der Waals surface area contributed by atoms with E-state index < -0.39 is 0 Å². The second-order valence-electron chi connectivity index (χ2n) is 7.21. The third-order valence-corrected chi connectivity index (χ3v) is 5.13. The van der Waals surface area contributed by atoms with E-state index in [4.69, 9.17) is 9.47 Å². The summed E-state index contributed by atoms with van der Waals surface area (Å²) in [5.74, 6) is 1.56. The molecule has 6 nitrogen and oxygen atoms in total. The highest BCUT2D eigenvalue weighted by atomic mass is 16.5. The molecule has 0 atom stereocenters. The van der Waals surface area contributed by atoms with Gasteiger partial charge < -0.3 is 19.3 Å². The van der Waals surface area contributed by atoms with Gasteiger partial charge in [0.1, 0.15) is 11.5 Å². The van der Waals surface area contributed by atoms with E-state index in [-0.39, 0.29) is 18.4 Å². The summed E-state index contributed by atoms with van der Waals surface area (Å²) in [4.78, 5) is 28.5. The number of hydrogen-bond donors (Lipinski definition) is 0. The van der Waals surface area contributed by atoms with Gasteiger partial charge in [-0.2, -0.15) is 0 Å². The summed E-state index contributed by atoms with van der Waals surface area (Å²) >= 11 is 0. The van der Waals surface area contributed by atoms with Crippen LogP contribution in [0.5, 0.6) is 11.5 Å². The van der Waals surface area contributed by atoms with Gasteiger partial charge in [-0.1, -0.05) is 29.8 Å². The number of benzene rings is 2. The summed E-state index contributed by atoms with van der Waals surface area (Å²) < 4.78 is 10.8. The van der Waals surface area contributed by atoms with E-state index in [0.717, 1.165) is 16.9 Å². The first-order valence-electron chi connectivity index (χ1n) is 9.93. The molecule has 3 rings (SSSR count). The molecule has 1 aliphatic heterocycles. The summed E-state index contributed by atoms with van der Waals surface area (Å²) in [5, 5.41) is 0. The maximum Gasteiger partial charge on any atom is 0.260 e. The van der Waals surface area contributed by atoms with Crippen LogP contribution in [0.1, 0.15) is 17.5 Å². The second-order valence-corrected chi connectivity index (χ2v) is 7.21. The standard InChI is InChI=1S/C23H28N2O4/c1-18-6-9-20(10-7-18)29-17-23(27)25-14-12-24(13-15-25)22(26)11-8-19-4-3-5-21(16-19)28-2/h3-7,9-10,16H,8,11-15,17H2,1-2H3. The molecule has 0 spiro atoms. The maximum absolute atomic E-state index is 12.5. The third-order valence-electron chi connectivity index (χ3n) is 5.13. The molecule has 0 radical (unpaired) electrons. The first kappa shape index (κ1) is 20.7. The minimum absolute atomic E-state index is 0.0207. The predicted molar refractivity (Wildman–Crippen MR) is 111 cm³/mol. The number of carbonyl (C=O) groups excluding carboxylic acids is 2. The molecule has 0 N–H and O–H groups in total. The Morgan fingerprint density at radius 2 is 1.55 bits per heavy atom. The minimum Gasteiger partial charge on any atom is -0.497 e. The van der Waals surface area contributed by atoms with Gasteiger partial charge in [0.05, 0.1) is 7.11 Å². The van der Waals surface area contributed by atoms with Gasteiger partial charge >= 0.3 is 0 Å². The average Bonchev–Trinajstić information content (AvgIpc) is 2.77. The lowest BCUT2D eigenvalue weighted by molar-refractivity contribution is -0.140. The first-order chi connectivity index (χ1) is 14.0. The molecule has 0 bridgehead atoms. The van der Waals surface area contributed by atoms with Crippen molar-refractivity contribution in [1.82, 2.24) is 9.80 Å². The molecule has 0 aromatic heterocycles. The van der Waals surface area contributed by atoms with Crippen LogP contribution in [0.2, 0.25) is 0 Å². The number of methoxy groups -OCH3 is 1. The lowest BCUT2D eigenvalue weighted by Crippen LogP contribution is -2.51. The van der Waals surface area contributed by atoms with E-state index >= 15 is 0 Å². The average molecular weight is 396 g/mol. The Bertz CT molecular complexity index is 827. The van der Waals surface area contributed by atoms with Crippen molar-refractivity contribution >= 4 is 11.8 Å². The van der Waals surface area contributed by atoms with Crippen molar-refractivity contribution < 1.29 is 19.1 Å². The lowest BCUT2D eigenvalue weighted by Gasteiger charge is -2.34. The van der Waals surface area contributed by atoms with Crippen LogP contribution in [0.3, 0.4) is 0 Å². The molecule has 2 aromatic rings. The monoisotopic (exact) mass is 396 g/mol. The van der Waals surface area contributed by atoms with Gasteiger partial charge in [-0.3, -0.25) is 9.59 Å². The number of ether oxygens (including phenoxy) is 2. The Kier molecular flexibility index (Phi) is 7.11. The van der Waals surface area contributed by atoms with E-state index in [1.807, 2.05) is 60.4 Å². The summed E-state index contributed by atoms with van der Waals surface area (Å²) in [6.07, 6.45) is 1.14. The van der Waals surface area contributed by atoms with Gasteiger partial charge in [-0.25, -0.2) is 0 Å².